The van der Waals surface area contributed by atoms with Crippen molar-refractivity contribution in [3.63, 3.8) is 0 Å². The number of rotatable bonds is 1. The van der Waals surface area contributed by atoms with Crippen LogP contribution in [-0.4, -0.2) is 16.7 Å². The molecule has 0 saturated carbocycles. The normalized spacial score (nSPS) is 19.2. The maximum atomic E-state index is 5.74. The molecule has 0 aromatic carbocycles. The Morgan fingerprint density at radius 3 is 2.69 bits per heavy atom. The van der Waals surface area contributed by atoms with Crippen LogP contribution in [0.25, 0.3) is 0 Å². The molecule has 1 saturated heterocycles. The van der Waals surface area contributed by atoms with E-state index >= 15 is 0 Å². The van der Waals surface area contributed by atoms with Crippen LogP contribution in [0.3, 0.4) is 0 Å². The molecule has 0 bridgehead atoms. The summed E-state index contributed by atoms with van der Waals surface area (Å²) < 4.78 is 5.12. The molecule has 0 atom stereocenters. The maximum absolute atomic E-state index is 5.74. The van der Waals surface area contributed by atoms with Gasteiger partial charge >= 0.3 is 0 Å². The number of hydrogen-bond acceptors (Lipinski definition) is 4. The number of aromatic nitrogens is 1. The smallest absolute Gasteiger partial charge is 0.195 e. The molecule has 1 aromatic rings. The van der Waals surface area contributed by atoms with Crippen molar-refractivity contribution in [2.45, 2.75) is 18.8 Å². The Hall–Kier alpha value is -0.350. The molecular formula is C8H11ClN2OS. The summed E-state index contributed by atoms with van der Waals surface area (Å²) >= 11 is 7.68. The van der Waals surface area contributed by atoms with E-state index in [1.54, 1.807) is 0 Å². The van der Waals surface area contributed by atoms with Crippen molar-refractivity contribution in [1.82, 2.24) is 5.16 Å². The molecule has 1 aliphatic heterocycles. The van der Waals surface area contributed by atoms with Crippen LogP contribution in [0, 0.1) is 0 Å². The first-order valence-electron chi connectivity index (χ1n) is 4.27. The minimum absolute atomic E-state index is 0.299. The van der Waals surface area contributed by atoms with Crippen molar-refractivity contribution in [3.05, 3.63) is 10.9 Å². The predicted octanol–water partition coefficient (Wildman–Crippen LogP) is 2.52. The van der Waals surface area contributed by atoms with E-state index in [0.717, 1.165) is 18.6 Å². The van der Waals surface area contributed by atoms with E-state index < -0.39 is 0 Å². The van der Waals surface area contributed by atoms with E-state index in [2.05, 4.69) is 5.16 Å². The third-order valence-electron chi connectivity index (χ3n) is 2.30. The van der Waals surface area contributed by atoms with Crippen molar-refractivity contribution in [2.75, 3.05) is 17.2 Å². The molecule has 1 fully saturated rings. The molecule has 0 radical (unpaired) electrons. The number of anilines is 1. The number of nitrogen functional groups attached to an aromatic ring is 1. The van der Waals surface area contributed by atoms with E-state index in [1.165, 1.54) is 11.5 Å². The van der Waals surface area contributed by atoms with Crippen molar-refractivity contribution in [2.24, 2.45) is 0 Å². The summed E-state index contributed by atoms with van der Waals surface area (Å²) in [5.74, 6) is 3.54. The zero-order valence-electron chi connectivity index (χ0n) is 7.12. The second-order valence-corrected chi connectivity index (χ2v) is 4.72. The minimum Gasteiger partial charge on any atom is -0.393 e. The topological polar surface area (TPSA) is 52.0 Å². The molecule has 13 heavy (non-hydrogen) atoms. The van der Waals surface area contributed by atoms with Gasteiger partial charge in [0.05, 0.1) is 0 Å². The van der Waals surface area contributed by atoms with Crippen LogP contribution < -0.4 is 5.73 Å². The molecular weight excluding hydrogens is 208 g/mol. The van der Waals surface area contributed by atoms with Gasteiger partial charge in [0.15, 0.2) is 10.9 Å². The highest BCUT2D eigenvalue weighted by atomic mass is 35.5. The van der Waals surface area contributed by atoms with E-state index in [0.29, 0.717) is 16.8 Å². The second kappa shape index (κ2) is 3.80. The van der Waals surface area contributed by atoms with E-state index in [-0.39, 0.29) is 0 Å². The average molecular weight is 219 g/mol. The van der Waals surface area contributed by atoms with Gasteiger partial charge in [-0.25, -0.2) is 0 Å². The van der Waals surface area contributed by atoms with Gasteiger partial charge in [0.2, 0.25) is 0 Å². The van der Waals surface area contributed by atoms with Crippen LogP contribution in [0.1, 0.15) is 24.5 Å². The number of hydrogen-bond donors (Lipinski definition) is 1. The van der Waals surface area contributed by atoms with Crippen LogP contribution in [0.4, 0.5) is 5.69 Å². The number of nitrogens with two attached hydrogens (primary N) is 1. The quantitative estimate of drug-likeness (QED) is 0.787. The zero-order valence-corrected chi connectivity index (χ0v) is 8.70. The summed E-state index contributed by atoms with van der Waals surface area (Å²) in [6.07, 6.45) is 2.22. The van der Waals surface area contributed by atoms with Gasteiger partial charge in [-0.2, -0.15) is 11.8 Å². The lowest BCUT2D eigenvalue weighted by molar-refractivity contribution is 0.354. The van der Waals surface area contributed by atoms with Crippen LogP contribution in [0.2, 0.25) is 5.15 Å². The Labute approximate surface area is 86.0 Å². The fraction of sp³-hybridized carbons (Fsp3) is 0.625. The van der Waals surface area contributed by atoms with Crippen LogP contribution in [-0.2, 0) is 0 Å². The molecule has 1 aromatic heterocycles. The largest absolute Gasteiger partial charge is 0.393 e. The van der Waals surface area contributed by atoms with Crippen LogP contribution in [0.5, 0.6) is 0 Å². The molecule has 5 heteroatoms. The third kappa shape index (κ3) is 1.79. The Morgan fingerprint density at radius 2 is 2.15 bits per heavy atom. The Bertz CT molecular complexity index is 296. The Balaban J connectivity index is 2.18. The molecule has 0 unspecified atom stereocenters. The van der Waals surface area contributed by atoms with Crippen molar-refractivity contribution in [3.8, 4) is 0 Å². The van der Waals surface area contributed by atoms with E-state index in [1.807, 2.05) is 11.8 Å². The minimum atomic E-state index is 0.299. The van der Waals surface area contributed by atoms with Gasteiger partial charge in [-0.15, -0.1) is 0 Å². The summed E-state index contributed by atoms with van der Waals surface area (Å²) in [6.45, 7) is 0. The first-order valence-corrected chi connectivity index (χ1v) is 5.80. The molecule has 1 aliphatic rings. The van der Waals surface area contributed by atoms with E-state index in [4.69, 9.17) is 21.9 Å². The van der Waals surface area contributed by atoms with Gasteiger partial charge in [0.1, 0.15) is 5.69 Å². The zero-order chi connectivity index (χ0) is 9.26. The molecule has 2 N–H and O–H groups in total. The van der Waals surface area contributed by atoms with Gasteiger partial charge in [-0.05, 0) is 24.3 Å². The number of nitrogens with zero attached hydrogens (tertiary/aromatic N) is 1. The van der Waals surface area contributed by atoms with Gasteiger partial charge in [-0.3, -0.25) is 0 Å². The molecule has 72 valence electrons. The third-order valence-corrected chi connectivity index (χ3v) is 3.63. The summed E-state index contributed by atoms with van der Waals surface area (Å²) in [5, 5.41) is 3.95. The summed E-state index contributed by atoms with van der Waals surface area (Å²) in [6, 6.07) is 0. The molecule has 3 nitrogen and oxygen atoms in total. The van der Waals surface area contributed by atoms with Crippen LogP contribution in [0.15, 0.2) is 4.52 Å². The molecule has 0 spiro atoms. The highest BCUT2D eigenvalue weighted by Gasteiger charge is 2.23. The Morgan fingerprint density at radius 1 is 1.46 bits per heavy atom. The number of thioether (sulfide) groups is 1. The van der Waals surface area contributed by atoms with E-state index in [9.17, 15) is 0 Å². The lowest BCUT2D eigenvalue weighted by Gasteiger charge is -2.18. The maximum Gasteiger partial charge on any atom is 0.195 e. The standard InChI is InChI=1S/C8H11ClN2OS/c9-8-6(10)7(12-11-8)5-1-3-13-4-2-5/h5H,1-4,10H2. The first kappa shape index (κ1) is 9.21. The van der Waals surface area contributed by atoms with Gasteiger partial charge in [-0.1, -0.05) is 16.8 Å². The monoisotopic (exact) mass is 218 g/mol. The van der Waals surface area contributed by atoms with Gasteiger partial charge in [0.25, 0.3) is 0 Å². The number of halogens is 1. The van der Waals surface area contributed by atoms with Crippen molar-refractivity contribution < 1.29 is 4.52 Å². The Kier molecular flexibility index (Phi) is 2.69. The fourth-order valence-electron chi connectivity index (χ4n) is 1.54. The van der Waals surface area contributed by atoms with Crippen LogP contribution >= 0.6 is 23.4 Å². The van der Waals surface area contributed by atoms with Crippen molar-refractivity contribution >= 4 is 29.1 Å². The lowest BCUT2D eigenvalue weighted by Crippen LogP contribution is -2.08. The molecule has 2 heterocycles. The average Bonchev–Trinajstić information content (AvgIpc) is 2.49. The molecule has 2 rings (SSSR count). The first-order chi connectivity index (χ1) is 6.29. The summed E-state index contributed by atoms with van der Waals surface area (Å²) in [7, 11) is 0. The lowest BCUT2D eigenvalue weighted by atomic mass is 9.99. The van der Waals surface area contributed by atoms with Gasteiger partial charge < -0.3 is 10.3 Å². The van der Waals surface area contributed by atoms with Crippen molar-refractivity contribution in [1.29, 1.82) is 0 Å². The highest BCUT2D eigenvalue weighted by molar-refractivity contribution is 7.99. The molecule has 0 aliphatic carbocycles. The SMILES string of the molecule is Nc1c(Cl)noc1C1CCSCC1. The van der Waals surface area contributed by atoms with Gasteiger partial charge in [0, 0.05) is 5.92 Å². The summed E-state index contributed by atoms with van der Waals surface area (Å²) in [5.41, 5.74) is 6.26. The summed E-state index contributed by atoms with van der Waals surface area (Å²) in [4.78, 5) is 0. The predicted molar refractivity (Wildman–Crippen MR) is 55.2 cm³/mol. The second-order valence-electron chi connectivity index (χ2n) is 3.14. The fourth-order valence-corrected chi connectivity index (χ4v) is 2.78. The molecule has 0 amide bonds. The highest BCUT2D eigenvalue weighted by Crippen LogP contribution is 2.36.